The van der Waals surface area contributed by atoms with E-state index in [-0.39, 0.29) is 17.8 Å². The molecule has 0 bridgehead atoms. The molecule has 1 rings (SSSR count). The third-order valence-electron chi connectivity index (χ3n) is 3.85. The van der Waals surface area contributed by atoms with Crippen molar-refractivity contribution in [2.24, 2.45) is 5.92 Å². The molecule has 1 amide bonds. The Labute approximate surface area is 127 Å². The molecule has 0 radical (unpaired) electrons. The summed E-state index contributed by atoms with van der Waals surface area (Å²) in [6, 6.07) is 0. The van der Waals surface area contributed by atoms with Crippen molar-refractivity contribution < 1.29 is 19.4 Å². The topological polar surface area (TPSA) is 66.8 Å². The maximum Gasteiger partial charge on any atom is 0.410 e. The fraction of sp³-hybridized carbons (Fsp3) is 0.875. The third kappa shape index (κ3) is 6.46. The van der Waals surface area contributed by atoms with Crippen molar-refractivity contribution in [1.82, 2.24) is 4.90 Å². The SMILES string of the molecule is CCC(=O)CCC(O)C1CCN(C(=O)OC(C)(C)C)CC1. The van der Waals surface area contributed by atoms with Gasteiger partial charge in [-0.1, -0.05) is 6.92 Å². The maximum absolute atomic E-state index is 11.9. The van der Waals surface area contributed by atoms with Gasteiger partial charge in [-0.15, -0.1) is 0 Å². The number of aliphatic hydroxyl groups excluding tert-OH is 1. The molecule has 1 N–H and O–H groups in total. The molecule has 5 heteroatoms. The van der Waals surface area contributed by atoms with Crippen LogP contribution < -0.4 is 0 Å². The number of ether oxygens (including phenoxy) is 1. The van der Waals surface area contributed by atoms with E-state index < -0.39 is 11.7 Å². The van der Waals surface area contributed by atoms with Crippen LogP contribution >= 0.6 is 0 Å². The van der Waals surface area contributed by atoms with Crippen molar-refractivity contribution in [2.45, 2.75) is 71.5 Å². The van der Waals surface area contributed by atoms with Gasteiger partial charge in [-0.3, -0.25) is 4.79 Å². The first-order valence-corrected chi connectivity index (χ1v) is 7.90. The molecule has 1 fully saturated rings. The first-order chi connectivity index (χ1) is 9.73. The highest BCUT2D eigenvalue weighted by molar-refractivity contribution is 5.77. The number of piperidine rings is 1. The van der Waals surface area contributed by atoms with E-state index in [4.69, 9.17) is 4.74 Å². The van der Waals surface area contributed by atoms with Gasteiger partial charge in [0.15, 0.2) is 0 Å². The Balaban J connectivity index is 2.34. The van der Waals surface area contributed by atoms with Crippen LogP contribution in [-0.2, 0) is 9.53 Å². The lowest BCUT2D eigenvalue weighted by atomic mass is 9.88. The smallest absolute Gasteiger partial charge is 0.410 e. The van der Waals surface area contributed by atoms with Gasteiger partial charge in [0, 0.05) is 25.9 Å². The molecule has 1 saturated heterocycles. The number of hydrogen-bond donors (Lipinski definition) is 1. The Morgan fingerprint density at radius 3 is 2.33 bits per heavy atom. The van der Waals surface area contributed by atoms with Crippen LogP contribution in [0.3, 0.4) is 0 Å². The van der Waals surface area contributed by atoms with Crippen molar-refractivity contribution in [3.8, 4) is 0 Å². The molecule has 0 aromatic heterocycles. The number of hydrogen-bond acceptors (Lipinski definition) is 4. The molecule has 1 heterocycles. The van der Waals surface area contributed by atoms with Crippen molar-refractivity contribution >= 4 is 11.9 Å². The van der Waals surface area contributed by atoms with E-state index in [0.29, 0.717) is 32.4 Å². The molecule has 0 spiro atoms. The van der Waals surface area contributed by atoms with Crippen LogP contribution in [0.15, 0.2) is 0 Å². The van der Waals surface area contributed by atoms with E-state index in [1.165, 1.54) is 0 Å². The molecule has 1 unspecified atom stereocenters. The summed E-state index contributed by atoms with van der Waals surface area (Å²) < 4.78 is 5.35. The van der Waals surface area contributed by atoms with Crippen molar-refractivity contribution in [3.63, 3.8) is 0 Å². The van der Waals surface area contributed by atoms with E-state index >= 15 is 0 Å². The Hall–Kier alpha value is -1.10. The minimum absolute atomic E-state index is 0.174. The Bertz CT molecular complexity index is 354. The molecule has 0 aromatic carbocycles. The number of nitrogens with zero attached hydrogens (tertiary/aromatic N) is 1. The molecule has 1 atom stereocenters. The lowest BCUT2D eigenvalue weighted by Gasteiger charge is -2.35. The van der Waals surface area contributed by atoms with Crippen LogP contribution in [0.25, 0.3) is 0 Å². The van der Waals surface area contributed by atoms with Gasteiger partial charge in [-0.25, -0.2) is 4.79 Å². The van der Waals surface area contributed by atoms with Crippen molar-refractivity contribution in [1.29, 1.82) is 0 Å². The van der Waals surface area contributed by atoms with Crippen LogP contribution in [0.5, 0.6) is 0 Å². The van der Waals surface area contributed by atoms with Crippen LogP contribution in [0.4, 0.5) is 4.79 Å². The summed E-state index contributed by atoms with van der Waals surface area (Å²) >= 11 is 0. The minimum Gasteiger partial charge on any atom is -0.444 e. The van der Waals surface area contributed by atoms with Gasteiger partial charge in [-0.05, 0) is 46.0 Å². The zero-order valence-corrected chi connectivity index (χ0v) is 13.7. The van der Waals surface area contributed by atoms with E-state index in [2.05, 4.69) is 0 Å². The van der Waals surface area contributed by atoms with Crippen LogP contribution in [0.2, 0.25) is 0 Å². The Morgan fingerprint density at radius 2 is 1.86 bits per heavy atom. The molecular formula is C16H29NO4. The van der Waals surface area contributed by atoms with Gasteiger partial charge in [0.2, 0.25) is 0 Å². The fourth-order valence-electron chi connectivity index (χ4n) is 2.51. The summed E-state index contributed by atoms with van der Waals surface area (Å²) in [6.07, 6.45) is 2.32. The molecule has 0 aromatic rings. The Morgan fingerprint density at radius 1 is 1.29 bits per heavy atom. The third-order valence-corrected chi connectivity index (χ3v) is 3.85. The van der Waals surface area contributed by atoms with Gasteiger partial charge in [-0.2, -0.15) is 0 Å². The second-order valence-corrected chi connectivity index (χ2v) is 6.80. The second kappa shape index (κ2) is 7.78. The fourth-order valence-corrected chi connectivity index (χ4v) is 2.51. The summed E-state index contributed by atoms with van der Waals surface area (Å²) in [5.41, 5.74) is -0.478. The lowest BCUT2D eigenvalue weighted by Crippen LogP contribution is -2.43. The number of ketones is 1. The molecule has 21 heavy (non-hydrogen) atoms. The number of carbonyl (C=O) groups is 2. The average molecular weight is 299 g/mol. The van der Waals surface area contributed by atoms with Crippen LogP contribution in [0.1, 0.15) is 59.8 Å². The molecule has 0 saturated carbocycles. The molecule has 1 aliphatic heterocycles. The number of rotatable bonds is 5. The van der Waals surface area contributed by atoms with Gasteiger partial charge in [0.25, 0.3) is 0 Å². The average Bonchev–Trinajstić information content (AvgIpc) is 2.42. The highest BCUT2D eigenvalue weighted by Gasteiger charge is 2.29. The van der Waals surface area contributed by atoms with E-state index in [1.807, 2.05) is 27.7 Å². The predicted molar refractivity (Wildman–Crippen MR) is 81.1 cm³/mol. The number of carbonyl (C=O) groups excluding carboxylic acids is 2. The van der Waals surface area contributed by atoms with Crippen LogP contribution in [0, 0.1) is 5.92 Å². The van der Waals surface area contributed by atoms with Gasteiger partial charge >= 0.3 is 6.09 Å². The first kappa shape index (κ1) is 18.0. The van der Waals surface area contributed by atoms with Crippen molar-refractivity contribution in [2.75, 3.05) is 13.1 Å². The van der Waals surface area contributed by atoms with E-state index in [0.717, 1.165) is 12.8 Å². The van der Waals surface area contributed by atoms with Gasteiger partial charge in [0.05, 0.1) is 6.10 Å². The monoisotopic (exact) mass is 299 g/mol. The zero-order valence-electron chi connectivity index (χ0n) is 13.7. The highest BCUT2D eigenvalue weighted by atomic mass is 16.6. The van der Waals surface area contributed by atoms with Gasteiger partial charge in [0.1, 0.15) is 11.4 Å². The number of aliphatic hydroxyl groups is 1. The molecule has 0 aliphatic carbocycles. The summed E-state index contributed by atoms with van der Waals surface area (Å²) in [5, 5.41) is 10.1. The first-order valence-electron chi connectivity index (χ1n) is 7.90. The number of amides is 1. The molecule has 1 aliphatic rings. The Kier molecular flexibility index (Phi) is 6.65. The van der Waals surface area contributed by atoms with Crippen molar-refractivity contribution in [3.05, 3.63) is 0 Å². The lowest BCUT2D eigenvalue weighted by molar-refractivity contribution is -0.119. The zero-order chi connectivity index (χ0) is 16.0. The summed E-state index contributed by atoms with van der Waals surface area (Å²) in [6.45, 7) is 8.62. The second-order valence-electron chi connectivity index (χ2n) is 6.80. The largest absolute Gasteiger partial charge is 0.444 e. The molecule has 5 nitrogen and oxygen atoms in total. The van der Waals surface area contributed by atoms with Crippen LogP contribution in [-0.4, -0.2) is 46.7 Å². The quantitative estimate of drug-likeness (QED) is 0.847. The summed E-state index contributed by atoms with van der Waals surface area (Å²) in [5.74, 6) is 0.369. The number of likely N-dealkylation sites (tertiary alicyclic amines) is 1. The summed E-state index contributed by atoms with van der Waals surface area (Å²) in [7, 11) is 0. The summed E-state index contributed by atoms with van der Waals surface area (Å²) in [4.78, 5) is 24.9. The normalized spacial score (nSPS) is 18.4. The van der Waals surface area contributed by atoms with E-state index in [9.17, 15) is 14.7 Å². The van der Waals surface area contributed by atoms with Gasteiger partial charge < -0.3 is 14.7 Å². The molecular weight excluding hydrogens is 270 g/mol. The predicted octanol–water partition coefficient (Wildman–Crippen LogP) is 2.75. The maximum atomic E-state index is 11.9. The standard InChI is InChI=1S/C16H29NO4/c1-5-13(18)6-7-14(19)12-8-10-17(11-9-12)15(20)21-16(2,3)4/h12,14,19H,5-11H2,1-4H3. The highest BCUT2D eigenvalue weighted by Crippen LogP contribution is 2.24. The minimum atomic E-state index is -0.478. The van der Waals surface area contributed by atoms with E-state index in [1.54, 1.807) is 4.90 Å². The number of Topliss-reactive ketones (excluding diaryl/α,β-unsaturated/α-hetero) is 1. The molecule has 122 valence electrons.